The van der Waals surface area contributed by atoms with Crippen molar-refractivity contribution >= 4 is 0 Å². The monoisotopic (exact) mass is 177 g/mol. The molecule has 1 aliphatic heterocycles. The second-order valence-corrected chi connectivity index (χ2v) is 3.49. The van der Waals surface area contributed by atoms with E-state index in [-0.39, 0.29) is 0 Å². The van der Waals surface area contributed by atoms with E-state index < -0.39 is 0 Å². The molecule has 1 aromatic rings. The van der Waals surface area contributed by atoms with Crippen molar-refractivity contribution < 1.29 is 0 Å². The summed E-state index contributed by atoms with van der Waals surface area (Å²) in [6.07, 6.45) is 3.27. The van der Waals surface area contributed by atoms with E-state index >= 15 is 0 Å². The van der Waals surface area contributed by atoms with Crippen LogP contribution in [0.25, 0.3) is 0 Å². The number of hydrogen-bond donors (Lipinski definition) is 1. The maximum absolute atomic E-state index is 5.47. The van der Waals surface area contributed by atoms with Gasteiger partial charge in [0.15, 0.2) is 0 Å². The van der Waals surface area contributed by atoms with Crippen molar-refractivity contribution in [3.05, 3.63) is 29.6 Å². The maximum atomic E-state index is 5.47. The van der Waals surface area contributed by atoms with E-state index in [4.69, 9.17) is 5.73 Å². The first kappa shape index (κ1) is 8.66. The van der Waals surface area contributed by atoms with Crippen molar-refractivity contribution in [3.63, 3.8) is 0 Å². The van der Waals surface area contributed by atoms with Gasteiger partial charge in [-0.3, -0.25) is 9.88 Å². The van der Waals surface area contributed by atoms with Crippen LogP contribution in [0.1, 0.15) is 17.7 Å². The third-order valence-electron chi connectivity index (χ3n) is 2.45. The molecule has 0 spiro atoms. The van der Waals surface area contributed by atoms with E-state index in [1.54, 1.807) is 0 Å². The summed E-state index contributed by atoms with van der Waals surface area (Å²) in [7, 11) is 0. The van der Waals surface area contributed by atoms with Crippen LogP contribution in [-0.4, -0.2) is 23.0 Å². The van der Waals surface area contributed by atoms with Crippen LogP contribution in [0.4, 0.5) is 0 Å². The van der Waals surface area contributed by atoms with Crippen LogP contribution in [0.3, 0.4) is 0 Å². The first-order valence-electron chi connectivity index (χ1n) is 4.75. The molecule has 0 bridgehead atoms. The van der Waals surface area contributed by atoms with Crippen LogP contribution in [-0.2, 0) is 13.1 Å². The van der Waals surface area contributed by atoms with Crippen molar-refractivity contribution in [2.24, 2.45) is 5.73 Å². The zero-order valence-electron chi connectivity index (χ0n) is 7.74. The zero-order valence-corrected chi connectivity index (χ0v) is 7.74. The summed E-state index contributed by atoms with van der Waals surface area (Å²) in [5.41, 5.74) is 7.72. The Labute approximate surface area is 78.6 Å². The Balaban J connectivity index is 1.96. The molecular weight excluding hydrogens is 162 g/mol. The zero-order chi connectivity index (χ0) is 9.10. The predicted octanol–water partition coefficient (Wildman–Crippen LogP) is 0.746. The van der Waals surface area contributed by atoms with E-state index in [2.05, 4.69) is 16.0 Å². The lowest BCUT2D eigenvalue weighted by Gasteiger charge is -2.30. The van der Waals surface area contributed by atoms with Gasteiger partial charge in [0.05, 0.1) is 5.69 Å². The number of hydrogen-bond acceptors (Lipinski definition) is 3. The molecule has 0 aromatic carbocycles. The summed E-state index contributed by atoms with van der Waals surface area (Å²) >= 11 is 0. The lowest BCUT2D eigenvalue weighted by molar-refractivity contribution is 0.172. The average molecular weight is 177 g/mol. The maximum Gasteiger partial charge on any atom is 0.0539 e. The van der Waals surface area contributed by atoms with Crippen LogP contribution in [0, 0.1) is 0 Å². The molecule has 13 heavy (non-hydrogen) atoms. The highest BCUT2D eigenvalue weighted by atomic mass is 15.2. The molecule has 0 radical (unpaired) electrons. The van der Waals surface area contributed by atoms with Gasteiger partial charge in [-0.05, 0) is 31.1 Å². The second kappa shape index (κ2) is 3.85. The molecule has 1 aliphatic rings. The standard InChI is InChI=1S/C10H15N3/c11-6-10-3-2-9(7-12-10)8-13-4-1-5-13/h2-3,7H,1,4-6,8,11H2. The Morgan fingerprint density at radius 2 is 2.23 bits per heavy atom. The van der Waals surface area contributed by atoms with E-state index in [0.717, 1.165) is 12.2 Å². The van der Waals surface area contributed by atoms with Crippen LogP contribution >= 0.6 is 0 Å². The van der Waals surface area contributed by atoms with Crippen molar-refractivity contribution in [2.45, 2.75) is 19.5 Å². The van der Waals surface area contributed by atoms with Crippen LogP contribution < -0.4 is 5.73 Å². The van der Waals surface area contributed by atoms with E-state index in [9.17, 15) is 0 Å². The van der Waals surface area contributed by atoms with Crippen LogP contribution in [0.5, 0.6) is 0 Å². The van der Waals surface area contributed by atoms with Gasteiger partial charge < -0.3 is 5.73 Å². The fourth-order valence-corrected chi connectivity index (χ4v) is 1.47. The minimum atomic E-state index is 0.532. The molecule has 70 valence electrons. The smallest absolute Gasteiger partial charge is 0.0539 e. The van der Waals surface area contributed by atoms with Gasteiger partial charge in [0, 0.05) is 19.3 Å². The summed E-state index contributed by atoms with van der Waals surface area (Å²) in [6, 6.07) is 4.13. The minimum Gasteiger partial charge on any atom is -0.325 e. The lowest BCUT2D eigenvalue weighted by Crippen LogP contribution is -2.36. The van der Waals surface area contributed by atoms with Gasteiger partial charge >= 0.3 is 0 Å². The molecule has 0 saturated carbocycles. The van der Waals surface area contributed by atoms with Crippen molar-refractivity contribution in [2.75, 3.05) is 13.1 Å². The molecule has 1 aromatic heterocycles. The molecular formula is C10H15N3. The highest BCUT2D eigenvalue weighted by Crippen LogP contribution is 2.11. The summed E-state index contributed by atoms with van der Waals surface area (Å²) in [5.74, 6) is 0. The summed E-state index contributed by atoms with van der Waals surface area (Å²) in [5, 5.41) is 0. The van der Waals surface area contributed by atoms with Gasteiger partial charge in [-0.1, -0.05) is 6.07 Å². The molecule has 0 aliphatic carbocycles. The fourth-order valence-electron chi connectivity index (χ4n) is 1.47. The molecule has 2 N–H and O–H groups in total. The predicted molar refractivity (Wildman–Crippen MR) is 52.0 cm³/mol. The van der Waals surface area contributed by atoms with Gasteiger partial charge in [0.25, 0.3) is 0 Å². The largest absolute Gasteiger partial charge is 0.325 e. The van der Waals surface area contributed by atoms with Crippen molar-refractivity contribution in [1.82, 2.24) is 9.88 Å². The number of rotatable bonds is 3. The Kier molecular flexibility index (Phi) is 2.57. The average Bonchev–Trinajstić information content (AvgIpc) is 2.12. The first-order valence-corrected chi connectivity index (χ1v) is 4.75. The molecule has 0 atom stereocenters. The molecule has 0 unspecified atom stereocenters. The quantitative estimate of drug-likeness (QED) is 0.740. The SMILES string of the molecule is NCc1ccc(CN2CCC2)cn1. The molecule has 1 saturated heterocycles. The summed E-state index contributed by atoms with van der Waals surface area (Å²) in [6.45, 7) is 4.04. The number of likely N-dealkylation sites (tertiary alicyclic amines) is 1. The number of pyridine rings is 1. The van der Waals surface area contributed by atoms with E-state index in [1.165, 1.54) is 25.1 Å². The van der Waals surface area contributed by atoms with Crippen LogP contribution in [0.15, 0.2) is 18.3 Å². The highest BCUT2D eigenvalue weighted by Gasteiger charge is 2.13. The van der Waals surface area contributed by atoms with Gasteiger partial charge in [-0.25, -0.2) is 0 Å². The van der Waals surface area contributed by atoms with E-state index in [0.29, 0.717) is 6.54 Å². The number of aromatic nitrogens is 1. The number of nitrogens with two attached hydrogens (primary N) is 1. The third-order valence-corrected chi connectivity index (χ3v) is 2.45. The number of nitrogens with zero attached hydrogens (tertiary/aromatic N) is 2. The minimum absolute atomic E-state index is 0.532. The molecule has 2 heterocycles. The molecule has 0 amide bonds. The van der Waals surface area contributed by atoms with E-state index in [1.807, 2.05) is 12.3 Å². The van der Waals surface area contributed by atoms with Gasteiger partial charge in [0.2, 0.25) is 0 Å². The van der Waals surface area contributed by atoms with Gasteiger partial charge in [0.1, 0.15) is 0 Å². The molecule has 1 fully saturated rings. The fraction of sp³-hybridized carbons (Fsp3) is 0.500. The Morgan fingerprint density at radius 3 is 2.69 bits per heavy atom. The Hall–Kier alpha value is -0.930. The summed E-state index contributed by atoms with van der Waals surface area (Å²) < 4.78 is 0. The van der Waals surface area contributed by atoms with Gasteiger partial charge in [-0.15, -0.1) is 0 Å². The molecule has 3 nitrogen and oxygen atoms in total. The van der Waals surface area contributed by atoms with Crippen molar-refractivity contribution in [1.29, 1.82) is 0 Å². The first-order chi connectivity index (χ1) is 6.38. The summed E-state index contributed by atoms with van der Waals surface area (Å²) in [4.78, 5) is 6.67. The highest BCUT2D eigenvalue weighted by molar-refractivity contribution is 5.14. The normalized spacial score (nSPS) is 17.0. The van der Waals surface area contributed by atoms with Crippen molar-refractivity contribution in [3.8, 4) is 0 Å². The van der Waals surface area contributed by atoms with Gasteiger partial charge in [-0.2, -0.15) is 0 Å². The third kappa shape index (κ3) is 2.05. The topological polar surface area (TPSA) is 42.1 Å². The lowest BCUT2D eigenvalue weighted by atomic mass is 10.1. The van der Waals surface area contributed by atoms with Crippen LogP contribution in [0.2, 0.25) is 0 Å². The Bertz CT molecular complexity index is 264. The molecule has 2 rings (SSSR count). The Morgan fingerprint density at radius 1 is 1.38 bits per heavy atom. The molecule has 3 heteroatoms. The second-order valence-electron chi connectivity index (χ2n) is 3.49.